The van der Waals surface area contributed by atoms with E-state index in [1.165, 1.54) is 4.68 Å². The maximum Gasteiger partial charge on any atom is 0.262 e. The van der Waals surface area contributed by atoms with Crippen molar-refractivity contribution in [3.8, 4) is 5.69 Å². The molecule has 2 N–H and O–H groups in total. The van der Waals surface area contributed by atoms with Crippen LogP contribution in [-0.2, 0) is 0 Å². The summed E-state index contributed by atoms with van der Waals surface area (Å²) < 4.78 is 1.43. The first-order valence-electron chi connectivity index (χ1n) is 9.18. The number of aromatic nitrogens is 4. The molecule has 1 atom stereocenters. The van der Waals surface area contributed by atoms with Gasteiger partial charge >= 0.3 is 0 Å². The minimum Gasteiger partial charge on any atom is -0.380 e. The normalized spacial score (nSPS) is 12.6. The van der Waals surface area contributed by atoms with Gasteiger partial charge in [-0.25, -0.2) is 9.67 Å². The van der Waals surface area contributed by atoms with Gasteiger partial charge < -0.3 is 10.1 Å². The number of aliphatic hydroxyl groups excluding tert-OH is 1. The lowest BCUT2D eigenvalue weighted by molar-refractivity contribution is 0.210. The molecule has 6 nitrogen and oxygen atoms in total. The largest absolute Gasteiger partial charge is 0.380 e. The Labute approximate surface area is 187 Å². The summed E-state index contributed by atoms with van der Waals surface area (Å²) in [6, 6.07) is 12.0. The molecule has 9 heteroatoms. The smallest absolute Gasteiger partial charge is 0.262 e. The average Bonchev–Trinajstić information content (AvgIpc) is 3.07. The summed E-state index contributed by atoms with van der Waals surface area (Å²) >= 11 is 18.8. The average molecular weight is 464 g/mol. The zero-order valence-electron chi connectivity index (χ0n) is 16.0. The Hall–Kier alpha value is -2.38. The summed E-state index contributed by atoms with van der Waals surface area (Å²) in [6.45, 7) is 3.84. The van der Waals surface area contributed by atoms with Crippen molar-refractivity contribution in [3.63, 3.8) is 0 Å². The summed E-state index contributed by atoms with van der Waals surface area (Å²) in [4.78, 5) is 20.2. The van der Waals surface area contributed by atoms with Gasteiger partial charge in [0, 0.05) is 5.02 Å². The topological polar surface area (TPSA) is 83.8 Å². The maximum absolute atomic E-state index is 13.0. The number of hydrogen-bond acceptors (Lipinski definition) is 4. The lowest BCUT2D eigenvalue weighted by Gasteiger charge is -2.12. The van der Waals surface area contributed by atoms with Crippen molar-refractivity contribution in [2.45, 2.75) is 25.9 Å². The molecule has 0 spiro atoms. The van der Waals surface area contributed by atoms with Crippen molar-refractivity contribution in [2.75, 3.05) is 0 Å². The van der Waals surface area contributed by atoms with Crippen molar-refractivity contribution < 1.29 is 5.11 Å². The van der Waals surface area contributed by atoms with Crippen LogP contribution in [0.25, 0.3) is 16.7 Å². The molecule has 2 aromatic carbocycles. The molecule has 4 aromatic rings. The van der Waals surface area contributed by atoms with Gasteiger partial charge in [-0.1, -0.05) is 79.0 Å². The van der Waals surface area contributed by atoms with Gasteiger partial charge in [0.1, 0.15) is 23.0 Å². The van der Waals surface area contributed by atoms with Crippen LogP contribution in [0.1, 0.15) is 43.0 Å². The zero-order valence-corrected chi connectivity index (χ0v) is 18.3. The monoisotopic (exact) mass is 462 g/mol. The van der Waals surface area contributed by atoms with Crippen LogP contribution >= 0.6 is 34.8 Å². The lowest BCUT2D eigenvalue weighted by atomic mass is 10.1. The van der Waals surface area contributed by atoms with Crippen LogP contribution in [0.3, 0.4) is 0 Å². The van der Waals surface area contributed by atoms with E-state index in [2.05, 4.69) is 15.1 Å². The van der Waals surface area contributed by atoms with Gasteiger partial charge in [-0.3, -0.25) is 4.79 Å². The van der Waals surface area contributed by atoms with E-state index in [0.717, 1.165) is 0 Å². The van der Waals surface area contributed by atoms with Crippen LogP contribution in [-0.4, -0.2) is 24.9 Å². The van der Waals surface area contributed by atoms with E-state index >= 15 is 0 Å². The minimum absolute atomic E-state index is 0.0635. The van der Waals surface area contributed by atoms with Crippen molar-refractivity contribution in [1.82, 2.24) is 19.7 Å². The Balaban J connectivity index is 2.02. The third kappa shape index (κ3) is 3.61. The quantitative estimate of drug-likeness (QED) is 0.431. The van der Waals surface area contributed by atoms with E-state index in [1.54, 1.807) is 36.4 Å². The van der Waals surface area contributed by atoms with Gasteiger partial charge in [0.2, 0.25) is 0 Å². The van der Waals surface area contributed by atoms with Gasteiger partial charge in [-0.15, -0.1) is 0 Å². The first kappa shape index (κ1) is 20.9. The predicted molar refractivity (Wildman–Crippen MR) is 119 cm³/mol. The molecule has 2 heterocycles. The first-order valence-corrected chi connectivity index (χ1v) is 10.3. The van der Waals surface area contributed by atoms with Crippen LogP contribution in [0.2, 0.25) is 15.1 Å². The van der Waals surface area contributed by atoms with E-state index in [9.17, 15) is 9.90 Å². The molecule has 0 aliphatic heterocycles. The molecule has 0 bridgehead atoms. The molecule has 30 heavy (non-hydrogen) atoms. The van der Waals surface area contributed by atoms with Gasteiger partial charge in [-0.05, 0) is 23.6 Å². The molecule has 4 rings (SSSR count). The van der Waals surface area contributed by atoms with E-state index in [-0.39, 0.29) is 27.4 Å². The highest BCUT2D eigenvalue weighted by Crippen LogP contribution is 2.35. The molecule has 154 valence electrons. The molecule has 0 saturated carbocycles. The Bertz CT molecular complexity index is 1280. The van der Waals surface area contributed by atoms with Gasteiger partial charge in [0.25, 0.3) is 5.56 Å². The number of rotatable bonds is 4. The summed E-state index contributed by atoms with van der Waals surface area (Å²) in [5.74, 6) is 0.0303. The predicted octanol–water partition coefficient (Wildman–Crippen LogP) is 5.27. The number of nitrogens with zero attached hydrogens (tertiary/aromatic N) is 3. The van der Waals surface area contributed by atoms with Crippen molar-refractivity contribution in [3.05, 3.63) is 85.0 Å². The van der Waals surface area contributed by atoms with E-state index < -0.39 is 11.7 Å². The van der Waals surface area contributed by atoms with Crippen LogP contribution in [0.15, 0.2) is 47.3 Å². The molecular formula is C21H17Cl3N4O2. The standard InChI is InChI=1S/C21H17Cl3N4O2/c1-10(2)16-15-20(28(27-16)17-13(23)8-12(22)9-14(17)24)25-19(26-21(15)30)18(29)11-6-4-3-5-7-11/h3-10,18,29H,1-2H3,(H,25,26,30). The second kappa shape index (κ2) is 8.04. The second-order valence-corrected chi connectivity index (χ2v) is 8.38. The van der Waals surface area contributed by atoms with Gasteiger partial charge in [0.05, 0.1) is 15.7 Å². The lowest BCUT2D eigenvalue weighted by Crippen LogP contribution is -2.16. The molecule has 0 aliphatic rings. The number of halogens is 3. The molecule has 0 saturated heterocycles. The fraction of sp³-hybridized carbons (Fsp3) is 0.190. The fourth-order valence-corrected chi connectivity index (χ4v) is 4.26. The molecule has 0 fully saturated rings. The van der Waals surface area contributed by atoms with Crippen LogP contribution in [0, 0.1) is 0 Å². The van der Waals surface area contributed by atoms with Crippen molar-refractivity contribution >= 4 is 45.8 Å². The number of benzene rings is 2. The molecule has 0 amide bonds. The minimum atomic E-state index is -1.12. The number of aliphatic hydroxyl groups is 1. The number of fused-ring (bicyclic) bond motifs is 1. The Morgan fingerprint density at radius 1 is 1.07 bits per heavy atom. The maximum atomic E-state index is 13.0. The molecule has 2 aromatic heterocycles. The van der Waals surface area contributed by atoms with E-state index in [1.807, 2.05) is 19.9 Å². The highest BCUT2D eigenvalue weighted by molar-refractivity contribution is 6.40. The van der Waals surface area contributed by atoms with Crippen molar-refractivity contribution in [2.24, 2.45) is 0 Å². The third-order valence-corrected chi connectivity index (χ3v) is 5.49. The molecular weight excluding hydrogens is 447 g/mol. The number of H-pyrrole nitrogens is 1. The fourth-order valence-electron chi connectivity index (χ4n) is 3.29. The summed E-state index contributed by atoms with van der Waals surface area (Å²) in [7, 11) is 0. The molecule has 0 radical (unpaired) electrons. The summed E-state index contributed by atoms with van der Waals surface area (Å²) in [5.41, 5.74) is 1.34. The molecule has 1 unspecified atom stereocenters. The van der Waals surface area contributed by atoms with Crippen LogP contribution < -0.4 is 5.56 Å². The summed E-state index contributed by atoms with van der Waals surface area (Å²) in [6.07, 6.45) is -1.12. The highest BCUT2D eigenvalue weighted by Gasteiger charge is 2.24. The Morgan fingerprint density at radius 3 is 2.30 bits per heavy atom. The third-order valence-electron chi connectivity index (χ3n) is 4.70. The van der Waals surface area contributed by atoms with Crippen LogP contribution in [0.4, 0.5) is 0 Å². The first-order chi connectivity index (χ1) is 14.3. The SMILES string of the molecule is CC(C)c1nn(-c2c(Cl)cc(Cl)cc2Cl)c2nc(C(O)c3ccccc3)[nH]c(=O)c12. The number of nitrogens with one attached hydrogen (secondary N) is 1. The van der Waals surface area contributed by atoms with Crippen molar-refractivity contribution in [1.29, 1.82) is 0 Å². The second-order valence-electron chi connectivity index (χ2n) is 7.13. The number of aromatic amines is 1. The van der Waals surface area contributed by atoms with Gasteiger partial charge in [-0.2, -0.15) is 5.10 Å². The van der Waals surface area contributed by atoms with Crippen LogP contribution in [0.5, 0.6) is 0 Å². The van der Waals surface area contributed by atoms with E-state index in [4.69, 9.17) is 34.8 Å². The van der Waals surface area contributed by atoms with E-state index in [0.29, 0.717) is 27.4 Å². The zero-order chi connectivity index (χ0) is 21.6. The Kier molecular flexibility index (Phi) is 5.59. The molecule has 0 aliphatic carbocycles. The summed E-state index contributed by atoms with van der Waals surface area (Å²) in [5, 5.41) is 16.6. The van der Waals surface area contributed by atoms with Gasteiger partial charge in [0.15, 0.2) is 5.65 Å². The number of hydrogen-bond donors (Lipinski definition) is 2. The Morgan fingerprint density at radius 2 is 1.70 bits per heavy atom. The highest BCUT2D eigenvalue weighted by atomic mass is 35.5.